The summed E-state index contributed by atoms with van der Waals surface area (Å²) < 4.78 is 29.7. The molecule has 4 aromatic rings. The van der Waals surface area contributed by atoms with E-state index < -0.39 is 20.7 Å². The van der Waals surface area contributed by atoms with Crippen molar-refractivity contribution < 1.29 is 22.6 Å². The van der Waals surface area contributed by atoms with Gasteiger partial charge in [0, 0.05) is 24.0 Å². The van der Waals surface area contributed by atoms with Crippen LogP contribution in [0.4, 0.5) is 10.8 Å². The smallest absolute Gasteiger partial charge is 0.270 e. The fraction of sp³-hybridized carbons (Fsp3) is 0.100. The maximum Gasteiger partial charge on any atom is 0.270 e. The minimum atomic E-state index is -3.40. The van der Waals surface area contributed by atoms with Crippen molar-refractivity contribution in [2.75, 3.05) is 11.2 Å². The second-order valence-corrected chi connectivity index (χ2v) is 9.70. The molecule has 0 aliphatic rings. The SMILES string of the molecule is CS(=O)(=O)c1ccc2nc(N(Cc3ccco3)C(=O)c3cccc([N+](=O)[O-])c3)sc2c1. The van der Waals surface area contributed by atoms with Crippen molar-refractivity contribution in [1.82, 2.24) is 4.98 Å². The Morgan fingerprint density at radius 3 is 2.68 bits per heavy atom. The molecule has 0 bridgehead atoms. The number of furan rings is 1. The number of non-ortho nitro benzene ring substituents is 1. The van der Waals surface area contributed by atoms with Gasteiger partial charge in [0.25, 0.3) is 11.6 Å². The Hall–Kier alpha value is -3.57. The van der Waals surface area contributed by atoms with Crippen LogP contribution in [0.25, 0.3) is 10.2 Å². The highest BCUT2D eigenvalue weighted by Crippen LogP contribution is 2.32. The van der Waals surface area contributed by atoms with Crippen LogP contribution in [0.2, 0.25) is 0 Å². The molecule has 0 saturated carbocycles. The molecule has 2 aromatic carbocycles. The molecule has 2 heterocycles. The van der Waals surface area contributed by atoms with Gasteiger partial charge in [-0.05, 0) is 36.4 Å². The van der Waals surface area contributed by atoms with E-state index in [2.05, 4.69) is 4.98 Å². The van der Waals surface area contributed by atoms with Crippen molar-refractivity contribution in [3.63, 3.8) is 0 Å². The molecule has 0 N–H and O–H groups in total. The number of nitrogens with zero attached hydrogens (tertiary/aromatic N) is 3. The quantitative estimate of drug-likeness (QED) is 0.316. The zero-order valence-electron chi connectivity index (χ0n) is 16.1. The van der Waals surface area contributed by atoms with Gasteiger partial charge in [0.1, 0.15) is 5.76 Å². The minimum absolute atomic E-state index is 0.0489. The number of sulfone groups is 1. The molecule has 0 fully saturated rings. The summed E-state index contributed by atoms with van der Waals surface area (Å²) in [5.74, 6) is -0.00245. The number of nitro groups is 1. The maximum atomic E-state index is 13.3. The predicted octanol–water partition coefficient (Wildman–Crippen LogP) is 4.05. The van der Waals surface area contributed by atoms with E-state index in [4.69, 9.17) is 4.42 Å². The number of nitro benzene ring substituents is 1. The molecule has 0 unspecified atom stereocenters. The molecule has 0 radical (unpaired) electrons. The lowest BCUT2D eigenvalue weighted by molar-refractivity contribution is -0.384. The van der Waals surface area contributed by atoms with Crippen LogP contribution in [0.15, 0.2) is 70.2 Å². The van der Waals surface area contributed by atoms with Crippen molar-refractivity contribution in [2.45, 2.75) is 11.4 Å². The molecule has 0 aliphatic carbocycles. The monoisotopic (exact) mass is 457 g/mol. The van der Waals surface area contributed by atoms with Crippen LogP contribution in [0.1, 0.15) is 16.1 Å². The number of benzene rings is 2. The number of carbonyl (C=O) groups excluding carboxylic acids is 1. The number of hydrogen-bond donors (Lipinski definition) is 0. The molecule has 0 atom stereocenters. The molecule has 158 valence electrons. The number of rotatable bonds is 6. The molecule has 9 nitrogen and oxygen atoms in total. The van der Waals surface area contributed by atoms with E-state index in [1.54, 1.807) is 18.2 Å². The summed E-state index contributed by atoms with van der Waals surface area (Å²) in [6, 6.07) is 13.4. The summed E-state index contributed by atoms with van der Waals surface area (Å²) in [6.07, 6.45) is 2.59. The van der Waals surface area contributed by atoms with E-state index in [0.717, 1.165) is 17.6 Å². The van der Waals surface area contributed by atoms with Gasteiger partial charge in [-0.1, -0.05) is 17.4 Å². The first-order valence-corrected chi connectivity index (χ1v) is 11.6. The van der Waals surface area contributed by atoms with Gasteiger partial charge < -0.3 is 4.42 Å². The number of carbonyl (C=O) groups is 1. The Bertz CT molecular complexity index is 1390. The fourth-order valence-electron chi connectivity index (χ4n) is 2.93. The van der Waals surface area contributed by atoms with Gasteiger partial charge in [-0.2, -0.15) is 0 Å². The molecule has 0 saturated heterocycles. The lowest BCUT2D eigenvalue weighted by Crippen LogP contribution is -2.30. The van der Waals surface area contributed by atoms with Gasteiger partial charge in [0.2, 0.25) is 0 Å². The number of anilines is 1. The zero-order valence-corrected chi connectivity index (χ0v) is 17.7. The molecule has 4 rings (SSSR count). The summed E-state index contributed by atoms with van der Waals surface area (Å²) in [4.78, 5) is 29.8. The summed E-state index contributed by atoms with van der Waals surface area (Å²) in [6.45, 7) is 0.0489. The molecule has 1 amide bonds. The Balaban J connectivity index is 1.79. The Kier molecular flexibility index (Phi) is 5.29. The number of thiazole rings is 1. The summed E-state index contributed by atoms with van der Waals surface area (Å²) in [5, 5.41) is 11.4. The van der Waals surface area contributed by atoms with Gasteiger partial charge in [-0.25, -0.2) is 13.4 Å². The van der Waals surface area contributed by atoms with Crippen LogP contribution < -0.4 is 4.90 Å². The summed E-state index contributed by atoms with van der Waals surface area (Å²) in [7, 11) is -3.40. The van der Waals surface area contributed by atoms with Crippen molar-refractivity contribution in [3.05, 3.63) is 82.3 Å². The third-order valence-electron chi connectivity index (χ3n) is 4.45. The highest BCUT2D eigenvalue weighted by Gasteiger charge is 2.24. The van der Waals surface area contributed by atoms with Crippen LogP contribution in [0.3, 0.4) is 0 Å². The van der Waals surface area contributed by atoms with E-state index in [-0.39, 0.29) is 22.7 Å². The first-order valence-electron chi connectivity index (χ1n) is 8.92. The maximum absolute atomic E-state index is 13.3. The van der Waals surface area contributed by atoms with Crippen molar-refractivity contribution in [2.24, 2.45) is 0 Å². The van der Waals surface area contributed by atoms with E-state index in [1.165, 1.54) is 47.6 Å². The highest BCUT2D eigenvalue weighted by atomic mass is 32.2. The molecular formula is C20H15N3O6S2. The van der Waals surface area contributed by atoms with Gasteiger partial charge >= 0.3 is 0 Å². The van der Waals surface area contributed by atoms with Crippen molar-refractivity contribution >= 4 is 48.1 Å². The number of fused-ring (bicyclic) bond motifs is 1. The van der Waals surface area contributed by atoms with Crippen LogP contribution in [-0.2, 0) is 16.4 Å². The van der Waals surface area contributed by atoms with E-state index in [0.29, 0.717) is 21.1 Å². The minimum Gasteiger partial charge on any atom is -0.467 e. The first kappa shape index (κ1) is 20.7. The van der Waals surface area contributed by atoms with Crippen LogP contribution in [0, 0.1) is 10.1 Å². The van der Waals surface area contributed by atoms with E-state index in [1.807, 2.05) is 0 Å². The Morgan fingerprint density at radius 1 is 1.19 bits per heavy atom. The lowest BCUT2D eigenvalue weighted by atomic mass is 10.2. The fourth-order valence-corrected chi connectivity index (χ4v) is 4.66. The summed E-state index contributed by atoms with van der Waals surface area (Å²) >= 11 is 1.15. The normalized spacial score (nSPS) is 11.5. The molecule has 2 aromatic heterocycles. The van der Waals surface area contributed by atoms with Crippen LogP contribution >= 0.6 is 11.3 Å². The topological polar surface area (TPSA) is 124 Å². The van der Waals surface area contributed by atoms with Crippen molar-refractivity contribution in [1.29, 1.82) is 0 Å². The number of amides is 1. The molecule has 0 aliphatic heterocycles. The first-order chi connectivity index (χ1) is 14.7. The third-order valence-corrected chi connectivity index (χ3v) is 6.60. The second kappa shape index (κ2) is 7.93. The highest BCUT2D eigenvalue weighted by molar-refractivity contribution is 7.90. The zero-order chi connectivity index (χ0) is 22.2. The van der Waals surface area contributed by atoms with Gasteiger partial charge in [-0.15, -0.1) is 0 Å². The Labute approximate surface area is 180 Å². The Morgan fingerprint density at radius 2 is 2.00 bits per heavy atom. The van der Waals surface area contributed by atoms with Gasteiger partial charge in [0.15, 0.2) is 15.0 Å². The lowest BCUT2D eigenvalue weighted by Gasteiger charge is -2.18. The van der Waals surface area contributed by atoms with E-state index in [9.17, 15) is 23.3 Å². The molecule has 11 heteroatoms. The number of aromatic nitrogens is 1. The second-order valence-electron chi connectivity index (χ2n) is 6.68. The van der Waals surface area contributed by atoms with Crippen molar-refractivity contribution in [3.8, 4) is 0 Å². The predicted molar refractivity (Wildman–Crippen MR) is 115 cm³/mol. The number of hydrogen-bond acceptors (Lipinski definition) is 8. The third kappa shape index (κ3) is 4.32. The van der Waals surface area contributed by atoms with Crippen LogP contribution in [0.5, 0.6) is 0 Å². The summed E-state index contributed by atoms with van der Waals surface area (Å²) in [5.41, 5.74) is 0.450. The average Bonchev–Trinajstić information content (AvgIpc) is 3.39. The largest absolute Gasteiger partial charge is 0.467 e. The molecular weight excluding hydrogens is 442 g/mol. The van der Waals surface area contributed by atoms with Gasteiger partial charge in [-0.3, -0.25) is 19.8 Å². The average molecular weight is 457 g/mol. The molecule has 31 heavy (non-hydrogen) atoms. The standard InChI is InChI=1S/C20H15N3O6S2/c1-31(27,28)16-7-8-17-18(11-16)30-20(21-17)22(12-15-6-3-9-29-15)19(24)13-4-2-5-14(10-13)23(25)26/h2-11H,12H2,1H3. The van der Waals surface area contributed by atoms with Crippen LogP contribution in [-0.4, -0.2) is 30.5 Å². The van der Waals surface area contributed by atoms with E-state index >= 15 is 0 Å². The van der Waals surface area contributed by atoms with Gasteiger partial charge in [0.05, 0.1) is 32.8 Å². The molecule has 0 spiro atoms.